The molecule has 0 aromatic heterocycles. The van der Waals surface area contributed by atoms with Crippen molar-refractivity contribution in [3.63, 3.8) is 0 Å². The second kappa shape index (κ2) is 7.65. The first-order valence-corrected chi connectivity index (χ1v) is 7.41. The third-order valence-electron chi connectivity index (χ3n) is 2.95. The van der Waals surface area contributed by atoms with Gasteiger partial charge in [0.05, 0.1) is 0 Å². The molecule has 0 heterocycles. The van der Waals surface area contributed by atoms with Gasteiger partial charge in [-0.1, -0.05) is 44.5 Å². The smallest absolute Gasteiger partial charge is 0.221 e. The Kier molecular flexibility index (Phi) is 6.50. The van der Waals surface area contributed by atoms with E-state index in [-0.39, 0.29) is 17.4 Å². The molecule has 1 atom stereocenters. The van der Waals surface area contributed by atoms with Gasteiger partial charge in [0.1, 0.15) is 0 Å². The fourth-order valence-electron chi connectivity index (χ4n) is 2.21. The van der Waals surface area contributed by atoms with Crippen LogP contribution in [0.25, 0.3) is 0 Å². The summed E-state index contributed by atoms with van der Waals surface area (Å²) >= 11 is 5.91. The molecule has 1 rings (SSSR count). The topological polar surface area (TPSA) is 55.1 Å². The Labute approximate surface area is 126 Å². The number of nitrogens with one attached hydrogen (secondary N) is 1. The number of amides is 1. The molecule has 4 heteroatoms. The van der Waals surface area contributed by atoms with Gasteiger partial charge in [-0.25, -0.2) is 0 Å². The van der Waals surface area contributed by atoms with Crippen molar-refractivity contribution < 1.29 is 4.79 Å². The molecular weight excluding hydrogens is 272 g/mol. The lowest BCUT2D eigenvalue weighted by molar-refractivity contribution is -0.121. The molecule has 0 aliphatic carbocycles. The summed E-state index contributed by atoms with van der Waals surface area (Å²) in [5.41, 5.74) is 7.26. The highest BCUT2D eigenvalue weighted by Crippen LogP contribution is 2.20. The highest BCUT2D eigenvalue weighted by atomic mass is 35.5. The van der Waals surface area contributed by atoms with Crippen LogP contribution in [0.1, 0.15) is 39.2 Å². The number of hydrogen-bond donors (Lipinski definition) is 2. The summed E-state index contributed by atoms with van der Waals surface area (Å²) in [6, 6.07) is 7.59. The Hall–Kier alpha value is -1.06. The number of carbonyl (C=O) groups excluding carboxylic acids is 1. The summed E-state index contributed by atoms with van der Waals surface area (Å²) in [4.78, 5) is 11.8. The Morgan fingerprint density at radius 3 is 2.70 bits per heavy atom. The second-order valence-electron chi connectivity index (χ2n) is 6.46. The lowest BCUT2D eigenvalue weighted by atomic mass is 9.87. The minimum absolute atomic E-state index is 0.0174. The third kappa shape index (κ3) is 7.51. The summed E-state index contributed by atoms with van der Waals surface area (Å²) < 4.78 is 0. The highest BCUT2D eigenvalue weighted by Gasteiger charge is 2.17. The molecule has 20 heavy (non-hydrogen) atoms. The highest BCUT2D eigenvalue weighted by molar-refractivity contribution is 6.30. The minimum Gasteiger partial charge on any atom is -0.356 e. The molecule has 1 amide bonds. The molecule has 3 N–H and O–H groups in total. The van der Waals surface area contributed by atoms with Crippen LogP contribution in [0.15, 0.2) is 24.3 Å². The van der Waals surface area contributed by atoms with Crippen molar-refractivity contribution in [3.05, 3.63) is 34.9 Å². The van der Waals surface area contributed by atoms with Gasteiger partial charge in [-0.2, -0.15) is 0 Å². The molecule has 1 aromatic carbocycles. The zero-order chi connectivity index (χ0) is 15.2. The minimum atomic E-state index is -0.0823. The Morgan fingerprint density at radius 1 is 1.40 bits per heavy atom. The molecule has 0 fully saturated rings. The molecule has 1 unspecified atom stereocenters. The average molecular weight is 297 g/mol. The van der Waals surface area contributed by atoms with Crippen LogP contribution in [0.2, 0.25) is 5.02 Å². The normalized spacial score (nSPS) is 13.1. The van der Waals surface area contributed by atoms with Crippen LogP contribution in [0.3, 0.4) is 0 Å². The average Bonchev–Trinajstić information content (AvgIpc) is 2.25. The van der Waals surface area contributed by atoms with E-state index in [0.29, 0.717) is 13.0 Å². The van der Waals surface area contributed by atoms with E-state index in [9.17, 15) is 4.79 Å². The largest absolute Gasteiger partial charge is 0.356 e. The van der Waals surface area contributed by atoms with Gasteiger partial charge in [-0.15, -0.1) is 0 Å². The number of hydrogen-bond acceptors (Lipinski definition) is 2. The standard InChI is InChI=1S/C16H25ClN2O/c1-16(2,3)11-14(18)10-15(20)19-8-7-12-5-4-6-13(17)9-12/h4-6,9,14H,7-8,10-11,18H2,1-3H3,(H,19,20). The molecule has 0 saturated carbocycles. The third-order valence-corrected chi connectivity index (χ3v) is 3.18. The van der Waals surface area contributed by atoms with Gasteiger partial charge in [-0.3, -0.25) is 4.79 Å². The van der Waals surface area contributed by atoms with Crippen LogP contribution in [0, 0.1) is 5.41 Å². The van der Waals surface area contributed by atoms with E-state index in [1.807, 2.05) is 24.3 Å². The van der Waals surface area contributed by atoms with Crippen molar-refractivity contribution in [3.8, 4) is 0 Å². The summed E-state index contributed by atoms with van der Waals surface area (Å²) in [6.45, 7) is 7.00. The first-order chi connectivity index (χ1) is 9.26. The molecule has 3 nitrogen and oxygen atoms in total. The Bertz CT molecular complexity index is 440. The predicted molar refractivity (Wildman–Crippen MR) is 84.8 cm³/mol. The van der Waals surface area contributed by atoms with E-state index >= 15 is 0 Å². The van der Waals surface area contributed by atoms with E-state index in [1.165, 1.54) is 0 Å². The van der Waals surface area contributed by atoms with E-state index in [0.717, 1.165) is 23.4 Å². The van der Waals surface area contributed by atoms with Crippen molar-refractivity contribution in [1.82, 2.24) is 5.32 Å². The van der Waals surface area contributed by atoms with Gasteiger partial charge in [0.25, 0.3) is 0 Å². The van der Waals surface area contributed by atoms with Crippen molar-refractivity contribution in [2.45, 2.75) is 46.1 Å². The molecule has 0 radical (unpaired) electrons. The molecule has 0 aliphatic rings. The van der Waals surface area contributed by atoms with Crippen molar-refractivity contribution in [2.75, 3.05) is 6.54 Å². The van der Waals surface area contributed by atoms with E-state index < -0.39 is 0 Å². The predicted octanol–water partition coefficient (Wildman–Crippen LogP) is 3.15. The van der Waals surface area contributed by atoms with Crippen LogP contribution < -0.4 is 11.1 Å². The summed E-state index contributed by atoms with van der Waals surface area (Å²) in [5.74, 6) is 0.0174. The van der Waals surface area contributed by atoms with Crippen LogP contribution >= 0.6 is 11.6 Å². The molecule has 0 aliphatic heterocycles. The Balaban J connectivity index is 2.26. The summed E-state index contributed by atoms with van der Waals surface area (Å²) in [5, 5.41) is 3.63. The molecule has 112 valence electrons. The van der Waals surface area contributed by atoms with Crippen molar-refractivity contribution in [1.29, 1.82) is 0 Å². The van der Waals surface area contributed by atoms with Crippen LogP contribution in [0.4, 0.5) is 0 Å². The molecule has 0 spiro atoms. The van der Waals surface area contributed by atoms with E-state index in [2.05, 4.69) is 26.1 Å². The Morgan fingerprint density at radius 2 is 2.10 bits per heavy atom. The second-order valence-corrected chi connectivity index (χ2v) is 6.90. The van der Waals surface area contributed by atoms with Crippen LogP contribution in [-0.4, -0.2) is 18.5 Å². The maximum atomic E-state index is 11.8. The van der Waals surface area contributed by atoms with Gasteiger partial charge >= 0.3 is 0 Å². The summed E-state index contributed by atoms with van der Waals surface area (Å²) in [7, 11) is 0. The number of nitrogens with two attached hydrogens (primary N) is 1. The quantitative estimate of drug-likeness (QED) is 0.847. The monoisotopic (exact) mass is 296 g/mol. The first-order valence-electron chi connectivity index (χ1n) is 7.03. The summed E-state index contributed by atoms with van der Waals surface area (Å²) in [6.07, 6.45) is 2.00. The zero-order valence-electron chi connectivity index (χ0n) is 12.6. The first kappa shape index (κ1) is 17.0. The fourth-order valence-corrected chi connectivity index (χ4v) is 2.42. The molecule has 0 bridgehead atoms. The van der Waals surface area contributed by atoms with E-state index in [1.54, 1.807) is 0 Å². The number of carbonyl (C=O) groups is 1. The molecular formula is C16H25ClN2O. The molecule has 0 saturated heterocycles. The number of rotatable bonds is 6. The maximum Gasteiger partial charge on any atom is 0.221 e. The maximum absolute atomic E-state index is 11.8. The van der Waals surface area contributed by atoms with Gasteiger partial charge in [0.2, 0.25) is 5.91 Å². The van der Waals surface area contributed by atoms with Crippen LogP contribution in [0.5, 0.6) is 0 Å². The van der Waals surface area contributed by atoms with Crippen molar-refractivity contribution >= 4 is 17.5 Å². The van der Waals surface area contributed by atoms with Crippen LogP contribution in [-0.2, 0) is 11.2 Å². The van der Waals surface area contributed by atoms with Gasteiger partial charge in [0.15, 0.2) is 0 Å². The van der Waals surface area contributed by atoms with Gasteiger partial charge < -0.3 is 11.1 Å². The zero-order valence-corrected chi connectivity index (χ0v) is 13.3. The van der Waals surface area contributed by atoms with E-state index in [4.69, 9.17) is 17.3 Å². The number of benzene rings is 1. The van der Waals surface area contributed by atoms with Gasteiger partial charge in [0, 0.05) is 24.0 Å². The lowest BCUT2D eigenvalue weighted by Crippen LogP contribution is -2.34. The van der Waals surface area contributed by atoms with Crippen molar-refractivity contribution in [2.24, 2.45) is 11.1 Å². The number of halogens is 1. The van der Waals surface area contributed by atoms with Gasteiger partial charge in [-0.05, 0) is 36.0 Å². The fraction of sp³-hybridized carbons (Fsp3) is 0.562. The molecule has 1 aromatic rings. The SMILES string of the molecule is CC(C)(C)CC(N)CC(=O)NCCc1cccc(Cl)c1. The lowest BCUT2D eigenvalue weighted by Gasteiger charge is -2.22.